The summed E-state index contributed by atoms with van der Waals surface area (Å²) in [6.07, 6.45) is 0.269. The van der Waals surface area contributed by atoms with Gasteiger partial charge in [-0.05, 0) is 18.2 Å². The number of rotatable bonds is 5. The first-order chi connectivity index (χ1) is 14.1. The summed E-state index contributed by atoms with van der Waals surface area (Å²) in [4.78, 5) is 29.7. The maximum absolute atomic E-state index is 13.1. The van der Waals surface area contributed by atoms with E-state index in [-0.39, 0.29) is 24.3 Å². The number of halogens is 1. The minimum absolute atomic E-state index is 0.104. The third-order valence-electron chi connectivity index (χ3n) is 5.95. The molecule has 152 valence electrons. The second-order valence-corrected chi connectivity index (χ2v) is 8.11. The van der Waals surface area contributed by atoms with E-state index in [9.17, 15) is 9.59 Å². The van der Waals surface area contributed by atoms with E-state index < -0.39 is 0 Å². The van der Waals surface area contributed by atoms with Crippen molar-refractivity contribution in [3.05, 3.63) is 59.1 Å². The molecule has 29 heavy (non-hydrogen) atoms. The Balaban J connectivity index is 1.39. The number of ether oxygens (including phenoxy) is 1. The van der Waals surface area contributed by atoms with Gasteiger partial charge in [-0.3, -0.25) is 9.59 Å². The molecule has 1 atom stereocenters. The number of methoxy groups -OCH3 is 1. The molecule has 2 fully saturated rings. The summed E-state index contributed by atoms with van der Waals surface area (Å²) in [7, 11) is 1.57. The van der Waals surface area contributed by atoms with Crippen LogP contribution in [0.3, 0.4) is 0 Å². The molecule has 2 saturated heterocycles. The first-order valence-electron chi connectivity index (χ1n) is 9.99. The van der Waals surface area contributed by atoms with Crippen LogP contribution in [0.5, 0.6) is 5.75 Å². The van der Waals surface area contributed by atoms with Crippen molar-refractivity contribution < 1.29 is 24.1 Å². The maximum atomic E-state index is 13.1. The van der Waals surface area contributed by atoms with Crippen LogP contribution in [0.15, 0.2) is 48.5 Å². The second-order valence-electron chi connectivity index (χ2n) is 7.70. The highest BCUT2D eigenvalue weighted by Crippen LogP contribution is 2.25. The normalized spacial score (nSPS) is 24.8. The van der Waals surface area contributed by atoms with E-state index in [0.29, 0.717) is 11.4 Å². The largest absolute Gasteiger partial charge is 0.497 e. The summed E-state index contributed by atoms with van der Waals surface area (Å²) in [5.74, 6) is 0.398. The number of amides is 2. The maximum Gasteiger partial charge on any atom is 0.292 e. The van der Waals surface area contributed by atoms with E-state index in [1.807, 2.05) is 18.2 Å². The van der Waals surface area contributed by atoms with Crippen molar-refractivity contribution in [2.45, 2.75) is 19.0 Å². The van der Waals surface area contributed by atoms with Crippen molar-refractivity contribution >= 4 is 29.1 Å². The Hall–Kier alpha value is -2.41. The number of hydrogen-bond donors (Lipinski definition) is 2. The van der Waals surface area contributed by atoms with Crippen molar-refractivity contribution in [3.63, 3.8) is 0 Å². The molecule has 2 aliphatic heterocycles. The van der Waals surface area contributed by atoms with E-state index in [0.717, 1.165) is 43.3 Å². The Labute approximate surface area is 175 Å². The van der Waals surface area contributed by atoms with Crippen LogP contribution >= 0.6 is 11.6 Å². The number of nitrogens with one attached hydrogen (secondary N) is 2. The van der Waals surface area contributed by atoms with Crippen LogP contribution in [0.25, 0.3) is 0 Å². The molecule has 2 amide bonds. The molecule has 2 heterocycles. The van der Waals surface area contributed by atoms with Crippen molar-refractivity contribution in [2.75, 3.05) is 38.2 Å². The molecular formula is C22H26ClN3O3+2. The number of piperazine rings is 1. The van der Waals surface area contributed by atoms with Gasteiger partial charge in [-0.1, -0.05) is 35.9 Å². The molecule has 0 saturated carbocycles. The second kappa shape index (κ2) is 8.53. The Morgan fingerprint density at radius 2 is 1.83 bits per heavy atom. The monoisotopic (exact) mass is 415 g/mol. The van der Waals surface area contributed by atoms with Gasteiger partial charge in [-0.15, -0.1) is 0 Å². The molecule has 2 aromatic rings. The Morgan fingerprint density at radius 3 is 2.55 bits per heavy atom. The summed E-state index contributed by atoms with van der Waals surface area (Å²) in [6, 6.07) is 14.8. The van der Waals surface area contributed by atoms with Crippen LogP contribution in [0.2, 0.25) is 5.02 Å². The summed E-state index contributed by atoms with van der Waals surface area (Å²) in [5, 5.41) is 0.806. The van der Waals surface area contributed by atoms with Crippen LogP contribution in [0.1, 0.15) is 12.0 Å². The van der Waals surface area contributed by atoms with Crippen molar-refractivity contribution in [2.24, 2.45) is 0 Å². The van der Waals surface area contributed by atoms with Crippen molar-refractivity contribution in [1.29, 1.82) is 0 Å². The summed E-state index contributed by atoms with van der Waals surface area (Å²) in [6.45, 7) is 4.54. The number of nitrogens with zero attached hydrogens (tertiary/aromatic N) is 1. The van der Waals surface area contributed by atoms with Gasteiger partial charge < -0.3 is 14.5 Å². The molecule has 7 heteroatoms. The number of carbonyl (C=O) groups is 2. The molecule has 2 aliphatic rings. The minimum atomic E-state index is -0.296. The van der Waals surface area contributed by atoms with Gasteiger partial charge in [-0.25, -0.2) is 4.90 Å². The fourth-order valence-electron chi connectivity index (χ4n) is 4.33. The SMILES string of the molecule is COc1cccc(N2C(=O)C[C@@H]([NH+]3CC[NH+](Cc4ccccc4Cl)CC3)C2=O)c1. The van der Waals surface area contributed by atoms with E-state index in [2.05, 4.69) is 6.07 Å². The number of anilines is 1. The first-order valence-corrected chi connectivity index (χ1v) is 10.4. The van der Waals surface area contributed by atoms with Gasteiger partial charge in [0.05, 0.1) is 19.2 Å². The summed E-state index contributed by atoms with van der Waals surface area (Å²) >= 11 is 6.29. The lowest BCUT2D eigenvalue weighted by atomic mass is 10.1. The Kier molecular flexibility index (Phi) is 5.85. The van der Waals surface area contributed by atoms with E-state index in [1.54, 1.807) is 31.4 Å². The Bertz CT molecular complexity index is 912. The van der Waals surface area contributed by atoms with Gasteiger partial charge in [0.15, 0.2) is 6.04 Å². The van der Waals surface area contributed by atoms with Gasteiger partial charge in [0, 0.05) is 16.7 Å². The number of hydrogen-bond acceptors (Lipinski definition) is 3. The van der Waals surface area contributed by atoms with Crippen LogP contribution in [0, 0.1) is 0 Å². The highest BCUT2D eigenvalue weighted by atomic mass is 35.5. The zero-order valence-corrected chi connectivity index (χ0v) is 17.2. The van der Waals surface area contributed by atoms with Gasteiger partial charge in [0.1, 0.15) is 38.5 Å². The fraction of sp³-hybridized carbons (Fsp3) is 0.364. The van der Waals surface area contributed by atoms with Crippen LogP contribution in [-0.2, 0) is 16.1 Å². The lowest BCUT2D eigenvalue weighted by Gasteiger charge is -2.32. The molecule has 0 unspecified atom stereocenters. The summed E-state index contributed by atoms with van der Waals surface area (Å²) < 4.78 is 5.23. The van der Waals surface area contributed by atoms with Gasteiger partial charge >= 0.3 is 0 Å². The molecule has 2 aromatic carbocycles. The molecule has 2 N–H and O–H groups in total. The third kappa shape index (κ3) is 4.15. The van der Waals surface area contributed by atoms with Gasteiger partial charge in [-0.2, -0.15) is 0 Å². The van der Waals surface area contributed by atoms with E-state index in [4.69, 9.17) is 16.3 Å². The number of imide groups is 1. The molecule has 0 bridgehead atoms. The highest BCUT2D eigenvalue weighted by Gasteiger charge is 2.47. The fourth-order valence-corrected chi connectivity index (χ4v) is 4.54. The third-order valence-corrected chi connectivity index (χ3v) is 6.32. The minimum Gasteiger partial charge on any atom is -0.497 e. The number of benzene rings is 2. The smallest absolute Gasteiger partial charge is 0.292 e. The quantitative estimate of drug-likeness (QED) is 0.674. The molecular weight excluding hydrogens is 390 g/mol. The molecule has 6 nitrogen and oxygen atoms in total. The zero-order chi connectivity index (χ0) is 20.4. The predicted octanol–water partition coefficient (Wildman–Crippen LogP) is -0.0359. The summed E-state index contributed by atoms with van der Waals surface area (Å²) in [5.41, 5.74) is 1.74. The molecule has 0 aliphatic carbocycles. The van der Waals surface area contributed by atoms with Gasteiger partial charge in [0.25, 0.3) is 5.91 Å². The number of quaternary nitrogens is 2. The average Bonchev–Trinajstić information content (AvgIpc) is 3.04. The van der Waals surface area contributed by atoms with E-state index >= 15 is 0 Å². The van der Waals surface area contributed by atoms with Crippen LogP contribution in [-0.4, -0.2) is 51.1 Å². The average molecular weight is 416 g/mol. The highest BCUT2D eigenvalue weighted by molar-refractivity contribution is 6.31. The molecule has 0 spiro atoms. The molecule has 0 radical (unpaired) electrons. The topological polar surface area (TPSA) is 55.5 Å². The number of carbonyl (C=O) groups excluding carboxylic acids is 2. The van der Waals surface area contributed by atoms with Crippen LogP contribution < -0.4 is 19.4 Å². The standard InChI is InChI=1S/C22H24ClN3O3/c1-29-18-7-4-6-17(13-18)26-21(27)14-20(22(26)28)25-11-9-24(10-12-25)15-16-5-2-3-8-19(16)23/h2-8,13,20H,9-12,14-15H2,1H3/p+2/t20-/m1/s1. The molecule has 0 aromatic heterocycles. The van der Waals surface area contributed by atoms with Crippen molar-refractivity contribution in [3.8, 4) is 5.75 Å². The Morgan fingerprint density at radius 1 is 1.07 bits per heavy atom. The van der Waals surface area contributed by atoms with Crippen molar-refractivity contribution in [1.82, 2.24) is 0 Å². The lowest BCUT2D eigenvalue weighted by Crippen LogP contribution is -3.29. The zero-order valence-electron chi connectivity index (χ0n) is 16.5. The lowest BCUT2D eigenvalue weighted by molar-refractivity contribution is -1.02. The van der Waals surface area contributed by atoms with Gasteiger partial charge in [0.2, 0.25) is 5.91 Å². The van der Waals surface area contributed by atoms with Crippen LogP contribution in [0.4, 0.5) is 5.69 Å². The molecule has 4 rings (SSSR count). The predicted molar refractivity (Wildman–Crippen MR) is 110 cm³/mol. The van der Waals surface area contributed by atoms with E-state index in [1.165, 1.54) is 14.7 Å². The first kappa shape index (κ1) is 19.9.